The smallest absolute Gasteiger partial charge is 0.267 e. The first-order chi connectivity index (χ1) is 9.54. The Morgan fingerprint density at radius 3 is 2.40 bits per heavy atom. The van der Waals surface area contributed by atoms with Crippen LogP contribution in [0.2, 0.25) is 0 Å². The summed E-state index contributed by atoms with van der Waals surface area (Å²) in [4.78, 5) is 0. The molecule has 1 fully saturated rings. The van der Waals surface area contributed by atoms with Crippen molar-refractivity contribution in [2.45, 2.75) is 50.9 Å². The molecule has 2 nitrogen and oxygen atoms in total. The summed E-state index contributed by atoms with van der Waals surface area (Å²) in [5, 5.41) is 0. The Labute approximate surface area is 119 Å². The molecule has 0 spiro atoms. The zero-order valence-electron chi connectivity index (χ0n) is 12.2. The molecule has 0 amide bonds. The van der Waals surface area contributed by atoms with Gasteiger partial charge in [0.05, 0.1) is 12.7 Å². The normalized spacial score (nSPS) is 18.3. The molecule has 0 heterocycles. The molecule has 1 aromatic carbocycles. The summed E-state index contributed by atoms with van der Waals surface area (Å²) in [5.41, 5.74) is 7.52. The SMILES string of the molecule is COc1c(C(F)F)cc(C)cc1C1(CN)CCCCC1. The molecule has 0 aromatic heterocycles. The van der Waals surface area contributed by atoms with Crippen molar-refractivity contribution in [3.05, 3.63) is 28.8 Å². The number of alkyl halides is 2. The number of ether oxygens (including phenoxy) is 1. The predicted octanol–water partition coefficient (Wildman–Crippen LogP) is 4.10. The summed E-state index contributed by atoms with van der Waals surface area (Å²) >= 11 is 0. The average molecular weight is 283 g/mol. The first-order valence-corrected chi connectivity index (χ1v) is 7.21. The molecular weight excluding hydrogens is 260 g/mol. The topological polar surface area (TPSA) is 35.2 Å². The molecule has 4 heteroatoms. The molecular formula is C16H23F2NO. The van der Waals surface area contributed by atoms with Crippen molar-refractivity contribution in [1.82, 2.24) is 0 Å². The Bertz CT molecular complexity index is 468. The minimum atomic E-state index is -2.53. The molecule has 2 rings (SSSR count). The zero-order valence-corrected chi connectivity index (χ0v) is 12.2. The van der Waals surface area contributed by atoms with Gasteiger partial charge in [-0.1, -0.05) is 30.9 Å². The van der Waals surface area contributed by atoms with Crippen LogP contribution in [-0.2, 0) is 5.41 Å². The van der Waals surface area contributed by atoms with E-state index < -0.39 is 6.43 Å². The Morgan fingerprint density at radius 1 is 1.25 bits per heavy atom. The van der Waals surface area contributed by atoms with E-state index in [2.05, 4.69) is 0 Å². The molecule has 0 saturated heterocycles. The molecule has 0 radical (unpaired) electrons. The van der Waals surface area contributed by atoms with E-state index in [4.69, 9.17) is 10.5 Å². The molecule has 0 atom stereocenters. The fourth-order valence-corrected chi connectivity index (χ4v) is 3.40. The quantitative estimate of drug-likeness (QED) is 0.902. The number of methoxy groups -OCH3 is 1. The fourth-order valence-electron chi connectivity index (χ4n) is 3.40. The van der Waals surface area contributed by atoms with E-state index in [-0.39, 0.29) is 11.0 Å². The molecule has 20 heavy (non-hydrogen) atoms. The second-order valence-corrected chi connectivity index (χ2v) is 5.78. The van der Waals surface area contributed by atoms with Crippen LogP contribution in [0, 0.1) is 6.92 Å². The van der Waals surface area contributed by atoms with Crippen LogP contribution < -0.4 is 10.5 Å². The first kappa shape index (κ1) is 15.2. The summed E-state index contributed by atoms with van der Waals surface area (Å²) in [5.74, 6) is 0.331. The molecule has 1 aromatic rings. The van der Waals surface area contributed by atoms with Gasteiger partial charge in [0.25, 0.3) is 6.43 Å². The van der Waals surface area contributed by atoms with Gasteiger partial charge in [-0.05, 0) is 25.8 Å². The van der Waals surface area contributed by atoms with Crippen LogP contribution in [0.1, 0.15) is 55.2 Å². The van der Waals surface area contributed by atoms with Crippen molar-refractivity contribution in [1.29, 1.82) is 0 Å². The molecule has 1 aliphatic carbocycles. The third-order valence-electron chi connectivity index (χ3n) is 4.47. The molecule has 0 bridgehead atoms. The van der Waals surface area contributed by atoms with Gasteiger partial charge in [-0.2, -0.15) is 0 Å². The van der Waals surface area contributed by atoms with Crippen LogP contribution in [0.15, 0.2) is 12.1 Å². The maximum Gasteiger partial charge on any atom is 0.267 e. The van der Waals surface area contributed by atoms with Crippen LogP contribution in [0.25, 0.3) is 0 Å². The van der Waals surface area contributed by atoms with E-state index in [0.29, 0.717) is 12.3 Å². The number of benzene rings is 1. The standard InChI is InChI=1S/C16H23F2NO/c1-11-8-12(15(17)18)14(20-2)13(9-11)16(10-19)6-4-3-5-7-16/h8-9,15H,3-7,10,19H2,1-2H3. The number of hydrogen-bond acceptors (Lipinski definition) is 2. The molecule has 1 saturated carbocycles. The van der Waals surface area contributed by atoms with Crippen LogP contribution in [-0.4, -0.2) is 13.7 Å². The number of halogens is 2. The molecule has 2 N–H and O–H groups in total. The monoisotopic (exact) mass is 283 g/mol. The lowest BCUT2D eigenvalue weighted by Crippen LogP contribution is -2.37. The summed E-state index contributed by atoms with van der Waals surface area (Å²) in [6, 6.07) is 3.49. The van der Waals surface area contributed by atoms with Gasteiger partial charge in [-0.15, -0.1) is 0 Å². The van der Waals surface area contributed by atoms with Gasteiger partial charge in [0.15, 0.2) is 0 Å². The first-order valence-electron chi connectivity index (χ1n) is 7.21. The minimum Gasteiger partial charge on any atom is -0.496 e. The van der Waals surface area contributed by atoms with Crippen molar-refractivity contribution < 1.29 is 13.5 Å². The number of nitrogens with two attached hydrogens (primary N) is 1. The van der Waals surface area contributed by atoms with Crippen molar-refractivity contribution in [2.75, 3.05) is 13.7 Å². The minimum absolute atomic E-state index is 0.0131. The molecule has 112 valence electrons. The third kappa shape index (κ3) is 2.66. The van der Waals surface area contributed by atoms with Crippen LogP contribution in [0.5, 0.6) is 5.75 Å². The van der Waals surface area contributed by atoms with E-state index in [1.807, 2.05) is 13.0 Å². The van der Waals surface area contributed by atoms with Gasteiger partial charge in [0.1, 0.15) is 5.75 Å². The van der Waals surface area contributed by atoms with Gasteiger partial charge in [-0.25, -0.2) is 8.78 Å². The highest BCUT2D eigenvalue weighted by atomic mass is 19.3. The summed E-state index contributed by atoms with van der Waals surface area (Å²) in [6.45, 7) is 2.33. The lowest BCUT2D eigenvalue weighted by atomic mass is 9.68. The van der Waals surface area contributed by atoms with E-state index in [1.54, 1.807) is 0 Å². The van der Waals surface area contributed by atoms with Gasteiger partial charge in [0, 0.05) is 17.5 Å². The Balaban J connectivity index is 2.59. The average Bonchev–Trinajstić information content (AvgIpc) is 2.47. The highest BCUT2D eigenvalue weighted by molar-refractivity contribution is 5.49. The zero-order chi connectivity index (χ0) is 14.8. The molecule has 0 aliphatic heterocycles. The Kier molecular flexibility index (Phi) is 4.63. The summed E-state index contributed by atoms with van der Waals surface area (Å²) in [6.07, 6.45) is 2.76. The van der Waals surface area contributed by atoms with E-state index in [0.717, 1.165) is 36.8 Å². The van der Waals surface area contributed by atoms with Crippen molar-refractivity contribution in [3.63, 3.8) is 0 Å². The molecule has 1 aliphatic rings. The maximum absolute atomic E-state index is 13.3. The second-order valence-electron chi connectivity index (χ2n) is 5.78. The molecule has 0 unspecified atom stereocenters. The number of aryl methyl sites for hydroxylation is 1. The number of hydrogen-bond donors (Lipinski definition) is 1. The van der Waals surface area contributed by atoms with E-state index in [9.17, 15) is 8.78 Å². The largest absolute Gasteiger partial charge is 0.496 e. The van der Waals surface area contributed by atoms with E-state index >= 15 is 0 Å². The van der Waals surface area contributed by atoms with E-state index in [1.165, 1.54) is 19.6 Å². The summed E-state index contributed by atoms with van der Waals surface area (Å²) in [7, 11) is 1.47. The Hall–Kier alpha value is -1.16. The van der Waals surface area contributed by atoms with Crippen LogP contribution in [0.4, 0.5) is 8.78 Å². The highest BCUT2D eigenvalue weighted by Gasteiger charge is 2.36. The Morgan fingerprint density at radius 2 is 1.90 bits per heavy atom. The lowest BCUT2D eigenvalue weighted by molar-refractivity contribution is 0.146. The van der Waals surface area contributed by atoms with Gasteiger partial charge >= 0.3 is 0 Å². The predicted molar refractivity (Wildman–Crippen MR) is 76.5 cm³/mol. The second kappa shape index (κ2) is 6.08. The summed E-state index contributed by atoms with van der Waals surface area (Å²) < 4.78 is 31.9. The van der Waals surface area contributed by atoms with Crippen molar-refractivity contribution in [3.8, 4) is 5.75 Å². The van der Waals surface area contributed by atoms with Gasteiger partial charge in [-0.3, -0.25) is 0 Å². The number of rotatable bonds is 4. The fraction of sp³-hybridized carbons (Fsp3) is 0.625. The van der Waals surface area contributed by atoms with Crippen LogP contribution >= 0.6 is 0 Å². The highest BCUT2D eigenvalue weighted by Crippen LogP contribution is 2.45. The lowest BCUT2D eigenvalue weighted by Gasteiger charge is -2.38. The third-order valence-corrected chi connectivity index (χ3v) is 4.47. The van der Waals surface area contributed by atoms with Crippen molar-refractivity contribution >= 4 is 0 Å². The maximum atomic E-state index is 13.3. The van der Waals surface area contributed by atoms with Gasteiger partial charge < -0.3 is 10.5 Å². The van der Waals surface area contributed by atoms with Crippen molar-refractivity contribution in [2.24, 2.45) is 5.73 Å². The van der Waals surface area contributed by atoms with Gasteiger partial charge in [0.2, 0.25) is 0 Å². The van der Waals surface area contributed by atoms with Crippen LogP contribution in [0.3, 0.4) is 0 Å².